The van der Waals surface area contributed by atoms with Crippen molar-refractivity contribution in [1.82, 2.24) is 0 Å². The molecular formula is C19H18Br2O. The van der Waals surface area contributed by atoms with E-state index in [4.69, 9.17) is 4.74 Å². The average molecular weight is 422 g/mol. The van der Waals surface area contributed by atoms with Gasteiger partial charge in [-0.2, -0.15) is 0 Å². The fourth-order valence-electron chi connectivity index (χ4n) is 2.77. The predicted octanol–water partition coefficient (Wildman–Crippen LogP) is 6.54. The first kappa shape index (κ1) is 16.0. The quantitative estimate of drug-likeness (QED) is 0.535. The van der Waals surface area contributed by atoms with Gasteiger partial charge >= 0.3 is 0 Å². The van der Waals surface area contributed by atoms with Crippen molar-refractivity contribution in [3.05, 3.63) is 74.2 Å². The minimum atomic E-state index is -0.231. The standard InChI is InChI=1S/C19H18Br2O/c1-19(2)15(11-13-3-7-16(20)8-4-13)12-18(22-19)14-5-9-17(21)10-6-14/h3-11,18H,12H2,1-2H3/b15-11+. The Balaban J connectivity index is 1.86. The molecule has 0 amide bonds. The molecule has 0 saturated carbocycles. The third-order valence-corrected chi connectivity index (χ3v) is 5.13. The van der Waals surface area contributed by atoms with Crippen LogP contribution in [0.2, 0.25) is 0 Å². The Labute approximate surface area is 148 Å². The molecule has 0 aromatic heterocycles. The van der Waals surface area contributed by atoms with Crippen LogP contribution >= 0.6 is 31.9 Å². The van der Waals surface area contributed by atoms with Crippen LogP contribution < -0.4 is 0 Å². The summed E-state index contributed by atoms with van der Waals surface area (Å²) < 4.78 is 8.49. The molecule has 1 fully saturated rings. The van der Waals surface area contributed by atoms with Gasteiger partial charge in [0.25, 0.3) is 0 Å². The van der Waals surface area contributed by atoms with Crippen LogP contribution in [0, 0.1) is 0 Å². The van der Waals surface area contributed by atoms with E-state index in [1.54, 1.807) is 0 Å². The van der Waals surface area contributed by atoms with E-state index in [1.807, 2.05) is 0 Å². The first-order valence-electron chi connectivity index (χ1n) is 7.34. The second-order valence-electron chi connectivity index (χ2n) is 6.09. The Morgan fingerprint density at radius 3 is 2.09 bits per heavy atom. The lowest BCUT2D eigenvalue weighted by Crippen LogP contribution is -2.20. The van der Waals surface area contributed by atoms with Gasteiger partial charge in [0, 0.05) is 15.4 Å². The molecule has 0 radical (unpaired) electrons. The highest BCUT2D eigenvalue weighted by atomic mass is 79.9. The molecule has 1 nitrogen and oxygen atoms in total. The lowest BCUT2D eigenvalue weighted by molar-refractivity contribution is -0.00409. The monoisotopic (exact) mass is 420 g/mol. The van der Waals surface area contributed by atoms with Gasteiger partial charge in [-0.1, -0.05) is 62.2 Å². The van der Waals surface area contributed by atoms with Crippen LogP contribution in [0.3, 0.4) is 0 Å². The molecule has 0 N–H and O–H groups in total. The molecule has 22 heavy (non-hydrogen) atoms. The minimum absolute atomic E-state index is 0.129. The zero-order valence-electron chi connectivity index (χ0n) is 12.6. The number of hydrogen-bond donors (Lipinski definition) is 0. The molecule has 1 atom stereocenters. The molecule has 1 heterocycles. The maximum Gasteiger partial charge on any atom is 0.0874 e. The highest BCUT2D eigenvalue weighted by Crippen LogP contribution is 2.44. The van der Waals surface area contributed by atoms with Gasteiger partial charge in [0.15, 0.2) is 0 Å². The Bertz CT molecular complexity index is 684. The summed E-state index contributed by atoms with van der Waals surface area (Å²) in [5, 5.41) is 0. The Kier molecular flexibility index (Phi) is 4.58. The summed E-state index contributed by atoms with van der Waals surface area (Å²) in [6, 6.07) is 16.8. The topological polar surface area (TPSA) is 9.23 Å². The van der Waals surface area contributed by atoms with Gasteiger partial charge in [0.2, 0.25) is 0 Å². The van der Waals surface area contributed by atoms with Crippen molar-refractivity contribution < 1.29 is 4.74 Å². The van der Waals surface area contributed by atoms with E-state index in [0.717, 1.165) is 15.4 Å². The van der Waals surface area contributed by atoms with E-state index in [0.29, 0.717) is 0 Å². The summed E-state index contributed by atoms with van der Waals surface area (Å²) in [7, 11) is 0. The van der Waals surface area contributed by atoms with Crippen molar-refractivity contribution in [2.24, 2.45) is 0 Å². The second kappa shape index (κ2) is 6.31. The zero-order chi connectivity index (χ0) is 15.7. The molecule has 2 aromatic rings. The fourth-order valence-corrected chi connectivity index (χ4v) is 3.30. The van der Waals surface area contributed by atoms with Gasteiger partial charge in [0.1, 0.15) is 0 Å². The molecular weight excluding hydrogens is 404 g/mol. The summed E-state index contributed by atoms with van der Waals surface area (Å²) in [5.41, 5.74) is 3.55. The van der Waals surface area contributed by atoms with Crippen molar-refractivity contribution in [1.29, 1.82) is 0 Å². The van der Waals surface area contributed by atoms with Crippen LogP contribution in [0.1, 0.15) is 37.5 Å². The summed E-state index contributed by atoms with van der Waals surface area (Å²) >= 11 is 6.96. The Morgan fingerprint density at radius 1 is 0.955 bits per heavy atom. The van der Waals surface area contributed by atoms with E-state index in [9.17, 15) is 0 Å². The molecule has 2 aromatic carbocycles. The third-order valence-electron chi connectivity index (χ3n) is 4.07. The van der Waals surface area contributed by atoms with E-state index in [2.05, 4.69) is 100 Å². The highest BCUT2D eigenvalue weighted by Gasteiger charge is 2.37. The van der Waals surface area contributed by atoms with Gasteiger partial charge in [-0.3, -0.25) is 0 Å². The average Bonchev–Trinajstić information content (AvgIpc) is 2.77. The first-order valence-corrected chi connectivity index (χ1v) is 8.92. The van der Waals surface area contributed by atoms with Gasteiger partial charge in [-0.05, 0) is 54.8 Å². The molecule has 114 valence electrons. The third kappa shape index (κ3) is 3.53. The van der Waals surface area contributed by atoms with E-state index < -0.39 is 0 Å². The van der Waals surface area contributed by atoms with Crippen molar-refractivity contribution in [2.45, 2.75) is 32.0 Å². The first-order chi connectivity index (χ1) is 10.4. The van der Waals surface area contributed by atoms with Crippen LogP contribution in [0.25, 0.3) is 6.08 Å². The Hall–Kier alpha value is -0.900. The van der Waals surface area contributed by atoms with Crippen molar-refractivity contribution in [3.8, 4) is 0 Å². The van der Waals surface area contributed by atoms with Crippen LogP contribution in [0.4, 0.5) is 0 Å². The molecule has 0 spiro atoms. The zero-order valence-corrected chi connectivity index (χ0v) is 15.8. The van der Waals surface area contributed by atoms with Gasteiger partial charge in [-0.25, -0.2) is 0 Å². The molecule has 1 unspecified atom stereocenters. The summed E-state index contributed by atoms with van der Waals surface area (Å²) in [5.74, 6) is 0. The number of rotatable bonds is 2. The molecule has 1 aliphatic rings. The highest BCUT2D eigenvalue weighted by molar-refractivity contribution is 9.10. The SMILES string of the molecule is CC1(C)OC(c2ccc(Br)cc2)C/C1=C\c1ccc(Br)cc1. The van der Waals surface area contributed by atoms with Crippen molar-refractivity contribution in [3.63, 3.8) is 0 Å². The van der Waals surface area contributed by atoms with Crippen LogP contribution in [-0.2, 0) is 4.74 Å². The number of halogens is 2. The molecule has 0 aliphatic carbocycles. The van der Waals surface area contributed by atoms with Gasteiger partial charge < -0.3 is 4.74 Å². The molecule has 1 aliphatic heterocycles. The lowest BCUT2D eigenvalue weighted by Gasteiger charge is -2.21. The van der Waals surface area contributed by atoms with Crippen molar-refractivity contribution >= 4 is 37.9 Å². The number of ether oxygens (including phenoxy) is 1. The predicted molar refractivity (Wildman–Crippen MR) is 98.8 cm³/mol. The summed E-state index contributed by atoms with van der Waals surface area (Å²) in [6.45, 7) is 4.30. The fraction of sp³-hybridized carbons (Fsp3) is 0.263. The number of hydrogen-bond acceptors (Lipinski definition) is 1. The lowest BCUT2D eigenvalue weighted by atomic mass is 9.93. The molecule has 3 heteroatoms. The normalized spacial score (nSPS) is 22.2. The smallest absolute Gasteiger partial charge is 0.0874 e. The summed E-state index contributed by atoms with van der Waals surface area (Å²) in [4.78, 5) is 0. The van der Waals surface area contributed by atoms with E-state index in [1.165, 1.54) is 16.7 Å². The van der Waals surface area contributed by atoms with Crippen LogP contribution in [-0.4, -0.2) is 5.60 Å². The molecule has 1 saturated heterocycles. The molecule has 3 rings (SSSR count). The maximum atomic E-state index is 6.29. The number of benzene rings is 2. The molecule has 0 bridgehead atoms. The van der Waals surface area contributed by atoms with E-state index in [-0.39, 0.29) is 11.7 Å². The Morgan fingerprint density at radius 2 is 1.50 bits per heavy atom. The van der Waals surface area contributed by atoms with Gasteiger partial charge in [-0.15, -0.1) is 0 Å². The van der Waals surface area contributed by atoms with Crippen LogP contribution in [0.5, 0.6) is 0 Å². The van der Waals surface area contributed by atoms with Crippen LogP contribution in [0.15, 0.2) is 63.0 Å². The summed E-state index contributed by atoms with van der Waals surface area (Å²) in [6.07, 6.45) is 3.32. The maximum absolute atomic E-state index is 6.29. The second-order valence-corrected chi connectivity index (χ2v) is 7.92. The minimum Gasteiger partial charge on any atom is -0.363 e. The van der Waals surface area contributed by atoms with E-state index >= 15 is 0 Å². The van der Waals surface area contributed by atoms with Crippen molar-refractivity contribution in [2.75, 3.05) is 0 Å². The van der Waals surface area contributed by atoms with Gasteiger partial charge in [0.05, 0.1) is 11.7 Å². The largest absolute Gasteiger partial charge is 0.363 e.